The number of nitrogens with one attached hydrogen (secondary N) is 1. The van der Waals surface area contributed by atoms with Crippen molar-refractivity contribution in [3.8, 4) is 0 Å². The van der Waals surface area contributed by atoms with Crippen molar-refractivity contribution in [1.29, 1.82) is 0 Å². The van der Waals surface area contributed by atoms with Gasteiger partial charge in [0, 0.05) is 30.5 Å². The predicted octanol–water partition coefficient (Wildman–Crippen LogP) is 1.33. The highest BCUT2D eigenvalue weighted by Gasteiger charge is 2.25. The first kappa shape index (κ1) is 15.2. The van der Waals surface area contributed by atoms with Crippen LogP contribution in [0.3, 0.4) is 0 Å². The number of hydrogen-bond donors (Lipinski definition) is 2. The molecule has 0 atom stereocenters. The fraction of sp³-hybridized carbons (Fsp3) is 0.417. The molecule has 0 aliphatic carbocycles. The third-order valence-electron chi connectivity index (χ3n) is 2.95. The van der Waals surface area contributed by atoms with Crippen LogP contribution in [-0.2, 0) is 23.0 Å². The van der Waals surface area contributed by atoms with Crippen LogP contribution < -0.4 is 10.5 Å². The summed E-state index contributed by atoms with van der Waals surface area (Å²) in [6, 6.07) is 0. The Bertz CT molecular complexity index is 675. The zero-order valence-electron chi connectivity index (χ0n) is 11.3. The highest BCUT2D eigenvalue weighted by atomic mass is 32.2. The Labute approximate surface area is 122 Å². The van der Waals surface area contributed by atoms with Crippen molar-refractivity contribution in [3.05, 3.63) is 33.7 Å². The standard InChI is InChI=1S/C12H17N3O3S2/c1-8-11(5-13)12(9(2)18-8)20(16,17)15-4-3-10-6-19-7-14-10/h6-7,15H,3-5,13H2,1-2H3. The molecule has 8 heteroatoms. The summed E-state index contributed by atoms with van der Waals surface area (Å²) in [5.41, 5.74) is 8.73. The van der Waals surface area contributed by atoms with Gasteiger partial charge in [0.25, 0.3) is 0 Å². The number of aryl methyl sites for hydroxylation is 2. The van der Waals surface area contributed by atoms with E-state index in [2.05, 4.69) is 9.71 Å². The second-order valence-corrected chi connectivity index (χ2v) is 6.78. The molecule has 2 aromatic heterocycles. The van der Waals surface area contributed by atoms with E-state index in [1.165, 1.54) is 11.3 Å². The summed E-state index contributed by atoms with van der Waals surface area (Å²) in [6.07, 6.45) is 0.552. The molecule has 0 aromatic carbocycles. The number of aromatic nitrogens is 1. The number of rotatable bonds is 6. The number of thiazole rings is 1. The van der Waals surface area contributed by atoms with Crippen molar-refractivity contribution in [2.75, 3.05) is 6.54 Å². The molecule has 3 N–H and O–H groups in total. The second kappa shape index (κ2) is 6.04. The summed E-state index contributed by atoms with van der Waals surface area (Å²) in [7, 11) is -3.61. The van der Waals surface area contributed by atoms with E-state index in [4.69, 9.17) is 10.2 Å². The maximum atomic E-state index is 12.3. The lowest BCUT2D eigenvalue weighted by Crippen LogP contribution is -2.27. The molecular formula is C12H17N3O3S2. The fourth-order valence-corrected chi connectivity index (χ4v) is 4.12. The minimum Gasteiger partial charge on any atom is -0.465 e. The van der Waals surface area contributed by atoms with Gasteiger partial charge in [-0.15, -0.1) is 11.3 Å². The average molecular weight is 315 g/mol. The molecule has 2 rings (SSSR count). The SMILES string of the molecule is Cc1oc(C)c(S(=O)(=O)NCCc2cscn2)c1CN. The van der Waals surface area contributed by atoms with E-state index in [0.717, 1.165) is 5.69 Å². The van der Waals surface area contributed by atoms with Crippen LogP contribution in [0.4, 0.5) is 0 Å². The number of furan rings is 1. The molecule has 0 spiro atoms. The number of nitrogens with zero attached hydrogens (tertiary/aromatic N) is 1. The molecule has 0 aliphatic rings. The van der Waals surface area contributed by atoms with Gasteiger partial charge in [0.2, 0.25) is 10.0 Å². The smallest absolute Gasteiger partial charge is 0.244 e. The van der Waals surface area contributed by atoms with E-state index in [9.17, 15) is 8.42 Å². The number of sulfonamides is 1. The first-order valence-corrected chi connectivity index (χ1v) is 8.54. The minimum absolute atomic E-state index is 0.130. The van der Waals surface area contributed by atoms with Gasteiger partial charge in [-0.3, -0.25) is 0 Å². The maximum absolute atomic E-state index is 12.3. The van der Waals surface area contributed by atoms with E-state index >= 15 is 0 Å². The van der Waals surface area contributed by atoms with Gasteiger partial charge in [-0.25, -0.2) is 18.1 Å². The van der Waals surface area contributed by atoms with Crippen LogP contribution in [0.5, 0.6) is 0 Å². The summed E-state index contributed by atoms with van der Waals surface area (Å²) in [5.74, 6) is 0.911. The average Bonchev–Trinajstić information content (AvgIpc) is 2.96. The van der Waals surface area contributed by atoms with Crippen molar-refractivity contribution >= 4 is 21.4 Å². The van der Waals surface area contributed by atoms with Crippen LogP contribution in [0.15, 0.2) is 20.2 Å². The van der Waals surface area contributed by atoms with Crippen LogP contribution in [0.25, 0.3) is 0 Å². The topological polar surface area (TPSA) is 98.2 Å². The zero-order chi connectivity index (χ0) is 14.8. The summed E-state index contributed by atoms with van der Waals surface area (Å²) >= 11 is 1.49. The maximum Gasteiger partial charge on any atom is 0.244 e. The van der Waals surface area contributed by atoms with Gasteiger partial charge in [-0.2, -0.15) is 0 Å². The fourth-order valence-electron chi connectivity index (χ4n) is 2.04. The second-order valence-electron chi connectivity index (χ2n) is 4.35. The van der Waals surface area contributed by atoms with E-state index < -0.39 is 10.0 Å². The summed E-state index contributed by atoms with van der Waals surface area (Å²) < 4.78 is 32.6. The lowest BCUT2D eigenvalue weighted by atomic mass is 10.2. The number of hydrogen-bond acceptors (Lipinski definition) is 6. The normalized spacial score (nSPS) is 11.9. The molecule has 0 amide bonds. The highest BCUT2D eigenvalue weighted by molar-refractivity contribution is 7.89. The van der Waals surface area contributed by atoms with Gasteiger partial charge in [0.15, 0.2) is 0 Å². The van der Waals surface area contributed by atoms with Gasteiger partial charge in [-0.1, -0.05) is 0 Å². The van der Waals surface area contributed by atoms with Gasteiger partial charge in [0.05, 0.1) is 11.2 Å². The molecule has 2 heterocycles. The van der Waals surface area contributed by atoms with E-state index in [1.807, 2.05) is 5.38 Å². The highest BCUT2D eigenvalue weighted by Crippen LogP contribution is 2.25. The van der Waals surface area contributed by atoms with Crippen molar-refractivity contribution in [2.24, 2.45) is 5.73 Å². The van der Waals surface area contributed by atoms with Gasteiger partial charge in [0.1, 0.15) is 16.4 Å². The van der Waals surface area contributed by atoms with E-state index in [-0.39, 0.29) is 11.4 Å². The summed E-state index contributed by atoms with van der Waals surface area (Å²) in [6.45, 7) is 3.76. The Morgan fingerprint density at radius 1 is 1.40 bits per heavy atom. The Morgan fingerprint density at radius 2 is 2.15 bits per heavy atom. The first-order chi connectivity index (χ1) is 9.45. The van der Waals surface area contributed by atoms with Crippen molar-refractivity contribution in [2.45, 2.75) is 31.7 Å². The van der Waals surface area contributed by atoms with E-state index in [0.29, 0.717) is 30.0 Å². The first-order valence-electron chi connectivity index (χ1n) is 6.11. The predicted molar refractivity (Wildman–Crippen MR) is 77.1 cm³/mol. The van der Waals surface area contributed by atoms with Crippen LogP contribution >= 0.6 is 11.3 Å². The summed E-state index contributed by atoms with van der Waals surface area (Å²) in [4.78, 5) is 4.27. The molecule has 0 aliphatic heterocycles. The molecular weight excluding hydrogens is 298 g/mol. The quantitative estimate of drug-likeness (QED) is 0.838. The van der Waals surface area contributed by atoms with Crippen molar-refractivity contribution in [3.63, 3.8) is 0 Å². The molecule has 0 bridgehead atoms. The third-order valence-corrected chi connectivity index (χ3v) is 5.25. The van der Waals surface area contributed by atoms with E-state index in [1.54, 1.807) is 19.4 Å². The molecule has 20 heavy (non-hydrogen) atoms. The Hall–Kier alpha value is -1.22. The monoisotopic (exact) mass is 315 g/mol. The molecule has 2 aromatic rings. The summed E-state index contributed by atoms with van der Waals surface area (Å²) in [5, 5.41) is 1.90. The van der Waals surface area contributed by atoms with Crippen LogP contribution in [-0.4, -0.2) is 19.9 Å². The van der Waals surface area contributed by atoms with Crippen LogP contribution in [0, 0.1) is 13.8 Å². The molecule has 6 nitrogen and oxygen atoms in total. The zero-order valence-corrected chi connectivity index (χ0v) is 13.0. The number of nitrogens with two attached hydrogens (primary N) is 1. The van der Waals surface area contributed by atoms with Crippen LogP contribution in [0.2, 0.25) is 0 Å². The Balaban J connectivity index is 2.14. The lowest BCUT2D eigenvalue weighted by Gasteiger charge is -2.07. The largest absolute Gasteiger partial charge is 0.465 e. The van der Waals surface area contributed by atoms with Gasteiger partial charge >= 0.3 is 0 Å². The van der Waals surface area contributed by atoms with Crippen LogP contribution in [0.1, 0.15) is 22.8 Å². The molecule has 0 saturated heterocycles. The molecule has 110 valence electrons. The molecule has 0 radical (unpaired) electrons. The molecule has 0 fully saturated rings. The van der Waals surface area contributed by atoms with Crippen molar-refractivity contribution < 1.29 is 12.8 Å². The third kappa shape index (κ3) is 3.09. The Morgan fingerprint density at radius 3 is 2.75 bits per heavy atom. The van der Waals surface area contributed by atoms with Gasteiger partial charge in [-0.05, 0) is 13.8 Å². The molecule has 0 saturated carbocycles. The molecule has 0 unspecified atom stereocenters. The minimum atomic E-state index is -3.61. The lowest BCUT2D eigenvalue weighted by molar-refractivity contribution is 0.494. The van der Waals surface area contributed by atoms with Gasteiger partial charge < -0.3 is 10.2 Å². The Kier molecular flexibility index (Phi) is 4.59. The van der Waals surface area contributed by atoms with Crippen molar-refractivity contribution in [1.82, 2.24) is 9.71 Å².